The van der Waals surface area contributed by atoms with E-state index in [1.807, 2.05) is 34.5 Å². The van der Waals surface area contributed by atoms with E-state index >= 15 is 0 Å². The van der Waals surface area contributed by atoms with Gasteiger partial charge in [0.1, 0.15) is 0 Å². The average Bonchev–Trinajstić information content (AvgIpc) is 3.33. The summed E-state index contributed by atoms with van der Waals surface area (Å²) in [5.41, 5.74) is 0.537. The summed E-state index contributed by atoms with van der Waals surface area (Å²) in [6.45, 7) is 1.28. The number of likely N-dealkylation sites (tertiary alicyclic amines) is 1. The predicted molar refractivity (Wildman–Crippen MR) is 96.9 cm³/mol. The third-order valence-corrected chi connectivity index (χ3v) is 5.54. The van der Waals surface area contributed by atoms with E-state index in [2.05, 4.69) is 10.1 Å². The van der Waals surface area contributed by atoms with Crippen LogP contribution in [0, 0.1) is 0 Å². The number of benzene rings is 1. The van der Waals surface area contributed by atoms with Crippen LogP contribution in [0.2, 0.25) is 5.02 Å². The Hall–Kier alpha value is -2.18. The Bertz CT molecular complexity index is 878. The molecule has 3 aromatic rings. The molecule has 1 aromatic carbocycles. The number of thiophene rings is 1. The number of hydrogen-bond donors (Lipinski definition) is 0. The van der Waals surface area contributed by atoms with Crippen molar-refractivity contribution < 1.29 is 9.32 Å². The van der Waals surface area contributed by atoms with Crippen LogP contribution in [0.4, 0.5) is 0 Å². The molecular weight excluding hydrogens is 358 g/mol. The molecule has 0 saturated carbocycles. The van der Waals surface area contributed by atoms with Crippen LogP contribution in [0.5, 0.6) is 0 Å². The van der Waals surface area contributed by atoms with E-state index in [0.717, 1.165) is 17.7 Å². The lowest BCUT2D eigenvalue weighted by molar-refractivity contribution is 0.0696. The van der Waals surface area contributed by atoms with E-state index in [4.69, 9.17) is 16.1 Å². The third kappa shape index (κ3) is 3.32. The summed E-state index contributed by atoms with van der Waals surface area (Å²) >= 11 is 7.74. The molecule has 0 radical (unpaired) electrons. The highest BCUT2D eigenvalue weighted by Gasteiger charge is 2.29. The van der Waals surface area contributed by atoms with Gasteiger partial charge in [-0.25, -0.2) is 0 Å². The first kappa shape index (κ1) is 16.3. The van der Waals surface area contributed by atoms with Gasteiger partial charge in [0.25, 0.3) is 5.91 Å². The van der Waals surface area contributed by atoms with Crippen LogP contribution in [0.1, 0.15) is 35.0 Å². The minimum atomic E-state index is -0.0479. The van der Waals surface area contributed by atoms with Crippen LogP contribution in [0.25, 0.3) is 10.7 Å². The van der Waals surface area contributed by atoms with Gasteiger partial charge in [-0.3, -0.25) is 4.79 Å². The number of halogens is 1. The van der Waals surface area contributed by atoms with E-state index in [9.17, 15) is 4.79 Å². The minimum absolute atomic E-state index is 0.0479. The minimum Gasteiger partial charge on any atom is -0.339 e. The summed E-state index contributed by atoms with van der Waals surface area (Å²) in [6.07, 6.45) is 1.83. The molecule has 1 atom stereocenters. The number of piperidine rings is 1. The Morgan fingerprint density at radius 3 is 2.96 bits per heavy atom. The van der Waals surface area contributed by atoms with Crippen molar-refractivity contribution in [3.8, 4) is 10.7 Å². The highest BCUT2D eigenvalue weighted by atomic mass is 35.5. The zero-order valence-electron chi connectivity index (χ0n) is 13.4. The fourth-order valence-electron chi connectivity index (χ4n) is 3.08. The molecule has 0 spiro atoms. The maximum absolute atomic E-state index is 12.8. The van der Waals surface area contributed by atoms with Crippen molar-refractivity contribution in [1.29, 1.82) is 0 Å². The molecule has 3 heterocycles. The van der Waals surface area contributed by atoms with Crippen LogP contribution in [0.15, 0.2) is 46.3 Å². The molecule has 0 bridgehead atoms. The summed E-state index contributed by atoms with van der Waals surface area (Å²) in [5.74, 6) is 1.22. The second-order valence-electron chi connectivity index (χ2n) is 6.00. The molecule has 25 heavy (non-hydrogen) atoms. The van der Waals surface area contributed by atoms with Gasteiger partial charge < -0.3 is 9.42 Å². The lowest BCUT2D eigenvalue weighted by Gasteiger charge is -2.31. The average molecular weight is 374 g/mol. The van der Waals surface area contributed by atoms with E-state index in [0.29, 0.717) is 35.4 Å². The first-order valence-electron chi connectivity index (χ1n) is 8.13. The number of carbonyl (C=O) groups is 1. The molecule has 1 aliphatic heterocycles. The van der Waals surface area contributed by atoms with Gasteiger partial charge in [0.2, 0.25) is 11.7 Å². The number of rotatable bonds is 3. The zero-order valence-corrected chi connectivity index (χ0v) is 15.0. The Labute approximate surface area is 154 Å². The summed E-state index contributed by atoms with van der Waals surface area (Å²) in [7, 11) is 0. The molecule has 0 aliphatic carbocycles. The van der Waals surface area contributed by atoms with E-state index < -0.39 is 0 Å². The summed E-state index contributed by atoms with van der Waals surface area (Å²) < 4.78 is 5.47. The van der Waals surface area contributed by atoms with Crippen LogP contribution in [-0.4, -0.2) is 34.0 Å². The molecule has 1 unspecified atom stereocenters. The van der Waals surface area contributed by atoms with Crippen LogP contribution >= 0.6 is 22.9 Å². The zero-order chi connectivity index (χ0) is 17.2. The molecule has 7 heteroatoms. The van der Waals surface area contributed by atoms with Crippen molar-refractivity contribution in [1.82, 2.24) is 15.0 Å². The van der Waals surface area contributed by atoms with Gasteiger partial charge in [-0.05, 0) is 36.4 Å². The predicted octanol–water partition coefficient (Wildman–Crippen LogP) is 4.47. The van der Waals surface area contributed by atoms with Crippen LogP contribution in [0.3, 0.4) is 0 Å². The molecule has 1 aliphatic rings. The number of carbonyl (C=O) groups excluding carboxylic acids is 1. The lowest BCUT2D eigenvalue weighted by Crippen LogP contribution is -2.39. The highest BCUT2D eigenvalue weighted by Crippen LogP contribution is 2.30. The normalized spacial score (nSPS) is 17.6. The van der Waals surface area contributed by atoms with Crippen LogP contribution in [-0.2, 0) is 0 Å². The first-order chi connectivity index (χ1) is 12.2. The molecule has 4 rings (SSSR count). The summed E-state index contributed by atoms with van der Waals surface area (Å²) in [5, 5.41) is 6.54. The highest BCUT2D eigenvalue weighted by molar-refractivity contribution is 7.13. The Morgan fingerprint density at radius 2 is 2.16 bits per heavy atom. The van der Waals surface area contributed by atoms with Crippen molar-refractivity contribution in [2.75, 3.05) is 13.1 Å². The van der Waals surface area contributed by atoms with Crippen molar-refractivity contribution in [2.24, 2.45) is 0 Å². The SMILES string of the molecule is O=C(c1ccccc1Cl)N1CCCC(c2nc(-c3cccs3)no2)C1. The summed E-state index contributed by atoms with van der Waals surface area (Å²) in [6, 6.07) is 11.1. The van der Waals surface area contributed by atoms with Crippen molar-refractivity contribution in [3.63, 3.8) is 0 Å². The standard InChI is InChI=1S/C18H16ClN3O2S/c19-14-7-2-1-6-13(14)18(23)22-9-3-5-12(11-22)17-20-16(21-24-17)15-8-4-10-25-15/h1-2,4,6-8,10,12H,3,5,9,11H2. The first-order valence-corrected chi connectivity index (χ1v) is 9.39. The third-order valence-electron chi connectivity index (χ3n) is 4.35. The fourth-order valence-corrected chi connectivity index (χ4v) is 3.94. The second-order valence-corrected chi connectivity index (χ2v) is 7.36. The summed E-state index contributed by atoms with van der Waals surface area (Å²) in [4.78, 5) is 20.1. The quantitative estimate of drug-likeness (QED) is 0.679. The molecule has 128 valence electrons. The van der Waals surface area contributed by atoms with Crippen molar-refractivity contribution in [3.05, 3.63) is 58.3 Å². The van der Waals surface area contributed by atoms with Gasteiger partial charge in [-0.1, -0.05) is 35.0 Å². The molecule has 0 N–H and O–H groups in total. The van der Waals surface area contributed by atoms with Crippen molar-refractivity contribution >= 4 is 28.8 Å². The Balaban J connectivity index is 1.51. The molecule has 5 nitrogen and oxygen atoms in total. The lowest BCUT2D eigenvalue weighted by atomic mass is 9.97. The molecule has 1 saturated heterocycles. The number of nitrogens with zero attached hydrogens (tertiary/aromatic N) is 3. The molecule has 2 aromatic heterocycles. The van der Waals surface area contributed by atoms with Gasteiger partial charge in [-0.2, -0.15) is 4.98 Å². The second kappa shape index (κ2) is 6.98. The van der Waals surface area contributed by atoms with E-state index in [1.54, 1.807) is 23.5 Å². The van der Waals surface area contributed by atoms with Gasteiger partial charge in [0.15, 0.2) is 0 Å². The van der Waals surface area contributed by atoms with Gasteiger partial charge in [-0.15, -0.1) is 11.3 Å². The maximum Gasteiger partial charge on any atom is 0.255 e. The molecule has 1 fully saturated rings. The van der Waals surface area contributed by atoms with Gasteiger partial charge in [0, 0.05) is 13.1 Å². The Kier molecular flexibility index (Phi) is 4.55. The molecular formula is C18H16ClN3O2S. The maximum atomic E-state index is 12.8. The van der Waals surface area contributed by atoms with Crippen LogP contribution < -0.4 is 0 Å². The largest absolute Gasteiger partial charge is 0.339 e. The van der Waals surface area contributed by atoms with E-state index in [-0.39, 0.29) is 11.8 Å². The number of hydrogen-bond acceptors (Lipinski definition) is 5. The smallest absolute Gasteiger partial charge is 0.255 e. The number of amides is 1. The topological polar surface area (TPSA) is 59.2 Å². The number of aromatic nitrogens is 2. The fraction of sp³-hybridized carbons (Fsp3) is 0.278. The molecule has 1 amide bonds. The monoisotopic (exact) mass is 373 g/mol. The van der Waals surface area contributed by atoms with Gasteiger partial charge in [0.05, 0.1) is 21.4 Å². The Morgan fingerprint density at radius 1 is 1.28 bits per heavy atom. The van der Waals surface area contributed by atoms with Crippen molar-refractivity contribution in [2.45, 2.75) is 18.8 Å². The van der Waals surface area contributed by atoms with E-state index in [1.165, 1.54) is 0 Å². The van der Waals surface area contributed by atoms with Gasteiger partial charge >= 0.3 is 0 Å².